The number of hydrogen-bond acceptors (Lipinski definition) is 5. The van der Waals surface area contributed by atoms with Crippen molar-refractivity contribution in [1.82, 2.24) is 9.80 Å². The molecule has 1 aliphatic heterocycles. The normalized spacial score (nSPS) is 17.8. The molecule has 0 bridgehead atoms. The molecule has 1 atom stereocenters. The fourth-order valence-electron chi connectivity index (χ4n) is 4.38. The van der Waals surface area contributed by atoms with Gasteiger partial charge in [0.1, 0.15) is 24.9 Å². The van der Waals surface area contributed by atoms with E-state index < -0.39 is 29.8 Å². The zero-order chi connectivity index (χ0) is 23.8. The molecule has 8 heteroatoms. The molecule has 0 unspecified atom stereocenters. The van der Waals surface area contributed by atoms with Crippen LogP contribution in [0.15, 0.2) is 48.5 Å². The topological polar surface area (TPSA) is 96.4 Å². The van der Waals surface area contributed by atoms with Crippen molar-refractivity contribution in [3.8, 4) is 11.1 Å². The van der Waals surface area contributed by atoms with Crippen molar-refractivity contribution in [3.63, 3.8) is 0 Å². The van der Waals surface area contributed by atoms with Crippen LogP contribution in [0.1, 0.15) is 44.2 Å². The second-order valence-corrected chi connectivity index (χ2v) is 9.30. The summed E-state index contributed by atoms with van der Waals surface area (Å²) in [4.78, 5) is 39.7. The van der Waals surface area contributed by atoms with E-state index in [1.807, 2.05) is 48.5 Å². The Hall–Kier alpha value is -3.55. The lowest BCUT2D eigenvalue weighted by atomic mass is 9.98. The van der Waals surface area contributed by atoms with Crippen LogP contribution in [-0.4, -0.2) is 64.5 Å². The number of carbonyl (C=O) groups excluding carboxylic acids is 2. The number of rotatable bonds is 3. The molecule has 2 aliphatic rings. The number of nitrogens with zero attached hydrogens (tertiary/aromatic N) is 2. The van der Waals surface area contributed by atoms with E-state index in [1.165, 1.54) is 4.90 Å². The van der Waals surface area contributed by atoms with E-state index in [0.29, 0.717) is 0 Å². The van der Waals surface area contributed by atoms with E-state index in [-0.39, 0.29) is 32.2 Å². The lowest BCUT2D eigenvalue weighted by Gasteiger charge is -2.39. The Bertz CT molecular complexity index is 1030. The summed E-state index contributed by atoms with van der Waals surface area (Å²) in [5.41, 5.74) is 3.64. The average Bonchev–Trinajstić information content (AvgIpc) is 3.09. The van der Waals surface area contributed by atoms with Gasteiger partial charge in [-0.05, 0) is 49.4 Å². The molecule has 8 nitrogen and oxygen atoms in total. The van der Waals surface area contributed by atoms with Crippen LogP contribution in [0.3, 0.4) is 0 Å². The molecule has 1 aliphatic carbocycles. The highest BCUT2D eigenvalue weighted by molar-refractivity contribution is 5.82. The van der Waals surface area contributed by atoms with Crippen molar-refractivity contribution in [2.45, 2.75) is 44.8 Å². The van der Waals surface area contributed by atoms with Crippen LogP contribution in [-0.2, 0) is 14.3 Å². The van der Waals surface area contributed by atoms with Gasteiger partial charge < -0.3 is 14.6 Å². The lowest BCUT2D eigenvalue weighted by molar-refractivity contribution is -0.145. The molecule has 33 heavy (non-hydrogen) atoms. The van der Waals surface area contributed by atoms with Crippen LogP contribution in [0.25, 0.3) is 11.1 Å². The van der Waals surface area contributed by atoms with Gasteiger partial charge in [0.15, 0.2) is 0 Å². The second-order valence-electron chi connectivity index (χ2n) is 9.30. The maximum Gasteiger partial charge on any atom is 0.411 e. The summed E-state index contributed by atoms with van der Waals surface area (Å²) in [6, 6.07) is 14.9. The molecular weight excluding hydrogens is 424 g/mol. The number of ether oxygens (including phenoxy) is 2. The van der Waals surface area contributed by atoms with E-state index in [9.17, 15) is 19.5 Å². The van der Waals surface area contributed by atoms with Gasteiger partial charge in [-0.25, -0.2) is 14.4 Å². The Labute approximate surface area is 192 Å². The predicted octanol–water partition coefficient (Wildman–Crippen LogP) is 4.29. The fraction of sp³-hybridized carbons (Fsp3) is 0.400. The van der Waals surface area contributed by atoms with E-state index >= 15 is 0 Å². The van der Waals surface area contributed by atoms with Gasteiger partial charge in [-0.3, -0.25) is 9.80 Å². The predicted molar refractivity (Wildman–Crippen MR) is 121 cm³/mol. The van der Waals surface area contributed by atoms with Crippen molar-refractivity contribution >= 4 is 18.2 Å². The largest absolute Gasteiger partial charge is 0.480 e. The maximum atomic E-state index is 13.0. The molecule has 1 heterocycles. The fourth-order valence-corrected chi connectivity index (χ4v) is 4.38. The van der Waals surface area contributed by atoms with E-state index in [1.54, 1.807) is 20.8 Å². The Morgan fingerprint density at radius 2 is 1.55 bits per heavy atom. The summed E-state index contributed by atoms with van der Waals surface area (Å²) in [5, 5.41) is 9.62. The highest BCUT2D eigenvalue weighted by atomic mass is 16.6. The first-order chi connectivity index (χ1) is 15.7. The van der Waals surface area contributed by atoms with E-state index in [0.717, 1.165) is 27.2 Å². The molecule has 2 amide bonds. The molecule has 2 aromatic rings. The summed E-state index contributed by atoms with van der Waals surface area (Å²) < 4.78 is 11.0. The van der Waals surface area contributed by atoms with E-state index in [4.69, 9.17) is 9.47 Å². The number of hydrogen-bond donors (Lipinski definition) is 1. The summed E-state index contributed by atoms with van der Waals surface area (Å²) in [6.45, 7) is 5.29. The monoisotopic (exact) mass is 452 g/mol. The first-order valence-corrected chi connectivity index (χ1v) is 11.0. The lowest BCUT2D eigenvalue weighted by Crippen LogP contribution is -2.57. The molecule has 4 rings (SSSR count). The van der Waals surface area contributed by atoms with Gasteiger partial charge >= 0.3 is 18.2 Å². The van der Waals surface area contributed by atoms with Crippen LogP contribution in [0, 0.1) is 0 Å². The summed E-state index contributed by atoms with van der Waals surface area (Å²) in [5.74, 6) is -1.27. The smallest absolute Gasteiger partial charge is 0.411 e. The number of benzene rings is 2. The van der Waals surface area contributed by atoms with Gasteiger partial charge in [-0.2, -0.15) is 0 Å². The molecule has 0 radical (unpaired) electrons. The van der Waals surface area contributed by atoms with Crippen LogP contribution in [0.4, 0.5) is 9.59 Å². The SMILES string of the molecule is CC(C)(C)OC(=O)N1CC[C@@H](C(=O)O)N(C(=O)OCC2c3ccccc3-c3ccccc32)C1. The maximum absolute atomic E-state index is 13.0. The molecular formula is C25H28N2O6. The minimum Gasteiger partial charge on any atom is -0.480 e. The molecule has 2 aromatic carbocycles. The molecule has 174 valence electrons. The van der Waals surface area contributed by atoms with Crippen LogP contribution in [0.2, 0.25) is 0 Å². The Morgan fingerprint density at radius 1 is 0.970 bits per heavy atom. The van der Waals surface area contributed by atoms with Gasteiger partial charge in [0.2, 0.25) is 0 Å². The number of carboxylic acid groups (broad SMARTS) is 1. The molecule has 1 saturated heterocycles. The van der Waals surface area contributed by atoms with Gasteiger partial charge in [0.25, 0.3) is 0 Å². The van der Waals surface area contributed by atoms with Gasteiger partial charge in [-0.15, -0.1) is 0 Å². The van der Waals surface area contributed by atoms with Crippen molar-refractivity contribution in [3.05, 3.63) is 59.7 Å². The molecule has 0 saturated carbocycles. The number of fused-ring (bicyclic) bond motifs is 3. The zero-order valence-corrected chi connectivity index (χ0v) is 19.0. The van der Waals surface area contributed by atoms with Gasteiger partial charge in [0, 0.05) is 12.5 Å². The number of aliphatic carboxylic acids is 1. The van der Waals surface area contributed by atoms with Crippen LogP contribution in [0.5, 0.6) is 0 Å². The van der Waals surface area contributed by atoms with Crippen LogP contribution >= 0.6 is 0 Å². The number of carbonyl (C=O) groups is 3. The first kappa shape index (κ1) is 22.6. The van der Waals surface area contributed by atoms with Crippen molar-refractivity contribution in [2.24, 2.45) is 0 Å². The zero-order valence-electron chi connectivity index (χ0n) is 19.0. The van der Waals surface area contributed by atoms with Crippen molar-refractivity contribution in [1.29, 1.82) is 0 Å². The second kappa shape index (κ2) is 8.77. The average molecular weight is 453 g/mol. The van der Waals surface area contributed by atoms with Crippen LogP contribution < -0.4 is 0 Å². The summed E-state index contributed by atoms with van der Waals surface area (Å²) >= 11 is 0. The van der Waals surface area contributed by atoms with Crippen molar-refractivity contribution < 1.29 is 29.0 Å². The Balaban J connectivity index is 1.49. The highest BCUT2D eigenvalue weighted by Gasteiger charge is 2.39. The Kier molecular flexibility index (Phi) is 6.01. The molecule has 0 spiro atoms. The van der Waals surface area contributed by atoms with Gasteiger partial charge in [-0.1, -0.05) is 48.5 Å². The van der Waals surface area contributed by atoms with Gasteiger partial charge in [0.05, 0.1) is 0 Å². The summed E-state index contributed by atoms with van der Waals surface area (Å²) in [7, 11) is 0. The molecule has 1 fully saturated rings. The number of amides is 2. The summed E-state index contributed by atoms with van der Waals surface area (Å²) in [6.07, 6.45) is -1.26. The minimum atomic E-state index is -1.13. The quantitative estimate of drug-likeness (QED) is 0.746. The number of carboxylic acids is 1. The third-order valence-electron chi connectivity index (χ3n) is 5.88. The van der Waals surface area contributed by atoms with Crippen molar-refractivity contribution in [2.75, 3.05) is 19.8 Å². The molecule has 0 aromatic heterocycles. The molecule has 1 N–H and O–H groups in total. The minimum absolute atomic E-state index is 0.0716. The first-order valence-electron chi connectivity index (χ1n) is 11.0. The Morgan fingerprint density at radius 3 is 2.09 bits per heavy atom. The highest BCUT2D eigenvalue weighted by Crippen LogP contribution is 2.44. The third-order valence-corrected chi connectivity index (χ3v) is 5.88. The third kappa shape index (κ3) is 4.65. The standard InChI is InChI=1S/C25H28N2O6/c1-25(2,3)33-23(30)26-13-12-21(22(28)29)27(15-26)24(31)32-14-20-18-10-6-4-8-16(18)17-9-5-7-11-19(17)20/h4-11,20-21H,12-15H2,1-3H3,(H,28,29)/t21-/m0/s1. The van der Waals surface area contributed by atoms with E-state index in [2.05, 4.69) is 0 Å².